The summed E-state index contributed by atoms with van der Waals surface area (Å²) < 4.78 is 101. The molecule has 0 spiro atoms. The Morgan fingerprint density at radius 3 is 0.586 bits per heavy atom. The van der Waals surface area contributed by atoms with E-state index >= 15 is 16.8 Å². The van der Waals surface area contributed by atoms with Gasteiger partial charge in [-0.3, -0.25) is 0 Å². The van der Waals surface area contributed by atoms with Crippen LogP contribution in [-0.2, 0) is 19.7 Å². The average Bonchev–Trinajstić information content (AvgIpc) is 0.744. The molecule has 2 aromatic rings. The van der Waals surface area contributed by atoms with Crippen molar-refractivity contribution in [1.29, 1.82) is 0 Å². The zero-order valence-corrected chi connectivity index (χ0v) is 66.9. The van der Waals surface area contributed by atoms with Crippen LogP contribution in [0.4, 0.5) is 0 Å². The van der Waals surface area contributed by atoms with Gasteiger partial charge in [0.25, 0.3) is 19.7 Å². The molecule has 99 heavy (non-hydrogen) atoms. The smallest absolute Gasteiger partial charge is 0.490 e. The van der Waals surface area contributed by atoms with E-state index in [-0.39, 0.29) is 49.4 Å². The molecule has 14 heteroatoms. The molecule has 0 saturated heterocycles. The molecule has 0 unspecified atom stereocenters. The first kappa shape index (κ1) is 91.6. The molecule has 0 fully saturated rings. The van der Waals surface area contributed by atoms with Crippen molar-refractivity contribution in [3.8, 4) is 34.5 Å². The summed E-state index contributed by atoms with van der Waals surface area (Å²) in [6.07, 6.45) is 68.4. The van der Waals surface area contributed by atoms with Gasteiger partial charge in [0.1, 0.15) is 9.79 Å². The highest BCUT2D eigenvalue weighted by atomic mass is 32.3. The highest BCUT2D eigenvalue weighted by molar-refractivity contribution is 8.31. The molecule has 0 heterocycles. The Hall–Kier alpha value is -3.48. The summed E-state index contributed by atoms with van der Waals surface area (Å²) in [5.74, 6) is 0.634. The van der Waals surface area contributed by atoms with Gasteiger partial charge in [-0.15, -0.1) is 4.79 Å². The van der Waals surface area contributed by atoms with Gasteiger partial charge in [0.15, 0.2) is 23.0 Å². The van der Waals surface area contributed by atoms with Crippen LogP contribution in [0, 0.1) is 0 Å². The Morgan fingerprint density at radius 2 is 0.404 bits per heavy atom. The summed E-state index contributed by atoms with van der Waals surface area (Å²) in [5.41, 5.74) is 11.1. The van der Waals surface area contributed by atoms with E-state index in [2.05, 4.69) is 46.3 Å². The van der Waals surface area contributed by atoms with Crippen LogP contribution in [-0.4, -0.2) is 65.6 Å². The van der Waals surface area contributed by atoms with Crippen molar-refractivity contribution in [3.05, 3.63) is 29.8 Å². The lowest BCUT2D eigenvalue weighted by Crippen LogP contribution is -2.27. The first-order chi connectivity index (χ1) is 48.6. The van der Waals surface area contributed by atoms with Crippen LogP contribution in [0.2, 0.25) is 0 Å². The normalized spacial score (nSPS) is 11.7. The Labute approximate surface area is 611 Å². The van der Waals surface area contributed by atoms with Crippen molar-refractivity contribution in [1.82, 2.24) is 0 Å². The van der Waals surface area contributed by atoms with E-state index in [0.717, 1.165) is 128 Å². The molecule has 0 aliphatic carbocycles. The molecule has 0 amide bonds. The molecule has 2 rings (SSSR count). The Kier molecular flexibility index (Phi) is 60.4. The van der Waals surface area contributed by atoms with E-state index in [1.165, 1.54) is 256 Å². The topological polar surface area (TPSA) is 160 Å². The van der Waals surface area contributed by atoms with Crippen LogP contribution >= 0.6 is 0 Å². The van der Waals surface area contributed by atoms with Crippen LogP contribution < -0.4 is 28.4 Å². The van der Waals surface area contributed by atoms with E-state index in [9.17, 15) is 5.53 Å². The lowest BCUT2D eigenvalue weighted by Gasteiger charge is -2.20. The molecule has 0 atom stereocenters. The molecule has 576 valence electrons. The third kappa shape index (κ3) is 44.7. The van der Waals surface area contributed by atoms with E-state index in [0.29, 0.717) is 37.6 Å². The second-order valence-corrected chi connectivity index (χ2v) is 32.9. The minimum atomic E-state index is -5.23. The molecular formula is C85H154N2O10S2. The quantitative estimate of drug-likeness (QED) is 0.0205. The molecular weight excluding hydrogens is 1270 g/mol. The molecule has 0 radical (unpaired) electrons. The predicted octanol–water partition coefficient (Wildman–Crippen LogP) is 27.3. The third-order valence-electron chi connectivity index (χ3n) is 19.7. The van der Waals surface area contributed by atoms with Crippen LogP contribution in [0.25, 0.3) is 5.53 Å². The number of unbranched alkanes of at least 4 members (excludes halogenated alkanes) is 54. The second kappa shape index (κ2) is 65.3. The molecule has 0 bridgehead atoms. The Bertz CT molecular complexity index is 2300. The molecule has 12 nitrogen and oxygen atoms in total. The summed E-state index contributed by atoms with van der Waals surface area (Å²) in [4.78, 5) is 2.31. The van der Waals surface area contributed by atoms with Crippen molar-refractivity contribution >= 4 is 24.1 Å². The lowest BCUT2D eigenvalue weighted by atomic mass is 10.1. The van der Waals surface area contributed by atoms with Gasteiger partial charge in [0.2, 0.25) is 11.5 Å². The van der Waals surface area contributed by atoms with E-state index in [4.69, 9.17) is 28.4 Å². The van der Waals surface area contributed by atoms with Gasteiger partial charge >= 0.3 is 4.38 Å². The first-order valence-corrected chi connectivity index (χ1v) is 45.4. The molecule has 2 aromatic carbocycles. The third-order valence-corrected chi connectivity index (χ3v) is 23.9. The van der Waals surface area contributed by atoms with Crippen LogP contribution in [0.15, 0.2) is 34.1 Å². The highest BCUT2D eigenvalue weighted by Gasteiger charge is 2.48. The molecule has 0 aliphatic rings. The van der Waals surface area contributed by atoms with Gasteiger partial charge in [0, 0.05) is 0 Å². The standard InChI is InChI=1S/C85H154N2O10S2/c1-7-13-19-25-31-37-43-49-55-61-71-92-77-67-69-79(83(96-75-65-59-53-47-41-35-29-23-17-11-5)81(77)94-73-63-57-51-45-39-33-27-21-15-9-3)98(88,89)85(87-86)99(90,91)80-70-68-78(93-72-62-56-50-44-38-32-26-20-14-8-2)82(95-74-64-58-52-46-40-34-28-22-16-10-4)84(80)97-76-66-60-54-48-42-36-30-24-18-12-6/h67-70H,7-66,71-76H2,1-6H3. The highest BCUT2D eigenvalue weighted by Crippen LogP contribution is 2.47. The van der Waals surface area contributed by atoms with Crippen LogP contribution in [0.3, 0.4) is 0 Å². The first-order valence-electron chi connectivity index (χ1n) is 42.4. The minimum absolute atomic E-state index is 0.118. The number of ether oxygens (including phenoxy) is 6. The van der Waals surface area contributed by atoms with E-state index < -0.39 is 33.8 Å². The fourth-order valence-electron chi connectivity index (χ4n) is 13.3. The predicted molar refractivity (Wildman–Crippen MR) is 420 cm³/mol. The van der Waals surface area contributed by atoms with Gasteiger partial charge in [-0.05, 0) is 62.8 Å². The zero-order valence-electron chi connectivity index (χ0n) is 65.3. The number of hydrogen-bond acceptors (Lipinski definition) is 10. The number of sulfone groups is 2. The van der Waals surface area contributed by atoms with Crippen LogP contribution in [0.1, 0.15) is 427 Å². The van der Waals surface area contributed by atoms with E-state index in [1.54, 1.807) is 12.1 Å². The van der Waals surface area contributed by atoms with Crippen molar-refractivity contribution in [2.45, 2.75) is 437 Å². The number of rotatable bonds is 74. The van der Waals surface area contributed by atoms with Gasteiger partial charge in [-0.1, -0.05) is 388 Å². The SMILES string of the molecule is CCCCCCCCCCCCOc1ccc(S(=O)(=O)C(=[N+]=[N-])S(=O)(=O)c2ccc(OCCCCCCCCCCCC)c(OCCCCCCCCCCCC)c2OCCCCCCCCCCCC)c(OCCCCCCCCCCCC)c1OCCCCCCCCCCCC. The number of hydrogen-bond donors (Lipinski definition) is 0. The lowest BCUT2D eigenvalue weighted by molar-refractivity contribution is 0.00376. The van der Waals surface area contributed by atoms with Crippen molar-refractivity contribution in [2.75, 3.05) is 39.6 Å². The van der Waals surface area contributed by atoms with Crippen molar-refractivity contribution < 1.29 is 50.0 Å². The second-order valence-electron chi connectivity index (χ2n) is 29.0. The minimum Gasteiger partial charge on any atom is -0.490 e. The summed E-state index contributed by atoms with van der Waals surface area (Å²) in [6.45, 7) is 15.1. The van der Waals surface area contributed by atoms with Crippen LogP contribution in [0.5, 0.6) is 34.5 Å². The average molecular weight is 1430 g/mol. The van der Waals surface area contributed by atoms with Gasteiger partial charge in [-0.2, -0.15) is 0 Å². The summed E-state index contributed by atoms with van der Waals surface area (Å²) in [5, 5.41) is 0. The maximum Gasteiger partial charge on any atom is 0.504 e. The van der Waals surface area contributed by atoms with Crippen molar-refractivity contribution in [3.63, 3.8) is 0 Å². The molecule has 0 aromatic heterocycles. The van der Waals surface area contributed by atoms with Crippen molar-refractivity contribution in [2.24, 2.45) is 0 Å². The van der Waals surface area contributed by atoms with Gasteiger partial charge in [-0.25, -0.2) is 16.8 Å². The fraction of sp³-hybridized carbons (Fsp3) is 0.847. The maximum atomic E-state index is 15.7. The molecule has 0 saturated carbocycles. The number of benzene rings is 2. The summed E-state index contributed by atoms with van der Waals surface area (Å²) in [6, 6.07) is 5.76. The van der Waals surface area contributed by atoms with Gasteiger partial charge < -0.3 is 34.0 Å². The Morgan fingerprint density at radius 1 is 0.242 bits per heavy atom. The largest absolute Gasteiger partial charge is 0.504 e. The molecule has 0 aliphatic heterocycles. The fourth-order valence-corrected chi connectivity index (χ4v) is 16.9. The zero-order chi connectivity index (χ0) is 71.6. The summed E-state index contributed by atoms with van der Waals surface area (Å²) in [7, 11) is -10.5. The molecule has 0 N–H and O–H groups in total. The van der Waals surface area contributed by atoms with E-state index in [1.807, 2.05) is 0 Å². The van der Waals surface area contributed by atoms with Gasteiger partial charge in [0.05, 0.1) is 39.6 Å². The summed E-state index contributed by atoms with van der Waals surface area (Å²) >= 11 is 0. The maximum absolute atomic E-state index is 15.7. The monoisotopic (exact) mass is 1430 g/mol. The Balaban J connectivity index is 2.74. The number of nitrogens with zero attached hydrogens (tertiary/aromatic N) is 2.